The molecule has 31 heavy (non-hydrogen) atoms. The Morgan fingerprint density at radius 2 is 1.84 bits per heavy atom. The van der Waals surface area contributed by atoms with Crippen molar-refractivity contribution in [2.75, 3.05) is 27.2 Å². The van der Waals surface area contributed by atoms with Gasteiger partial charge in [-0.25, -0.2) is 0 Å². The number of para-hydroxylation sites is 1. The fourth-order valence-electron chi connectivity index (χ4n) is 2.69. The smallest absolute Gasteiger partial charge is 0.422 e. The topological polar surface area (TPSA) is 74.8 Å². The summed E-state index contributed by atoms with van der Waals surface area (Å²) in [7, 11) is 3.19. The van der Waals surface area contributed by atoms with Crippen LogP contribution in [0.5, 0.6) is 5.75 Å². The molecule has 170 valence electrons. The molecule has 0 aromatic heterocycles. The van der Waals surface area contributed by atoms with Crippen molar-refractivity contribution < 1.29 is 22.7 Å². The molecule has 0 radical (unpaired) electrons. The number of benzene rings is 2. The molecule has 0 aliphatic rings. The van der Waals surface area contributed by atoms with Gasteiger partial charge in [-0.05, 0) is 30.2 Å². The molecule has 10 heteroatoms. The van der Waals surface area contributed by atoms with E-state index < -0.39 is 12.8 Å². The highest BCUT2D eigenvalue weighted by Gasteiger charge is 2.28. The highest BCUT2D eigenvalue weighted by molar-refractivity contribution is 14.0. The van der Waals surface area contributed by atoms with E-state index in [-0.39, 0.29) is 42.2 Å². The van der Waals surface area contributed by atoms with Gasteiger partial charge in [0.2, 0.25) is 0 Å². The Morgan fingerprint density at radius 3 is 2.52 bits per heavy atom. The van der Waals surface area contributed by atoms with Crippen molar-refractivity contribution in [3.63, 3.8) is 0 Å². The molecule has 0 heterocycles. The first-order valence-corrected chi connectivity index (χ1v) is 9.35. The number of amides is 1. The molecule has 2 aromatic carbocycles. The third-order valence-electron chi connectivity index (χ3n) is 4.16. The average molecular weight is 550 g/mol. The van der Waals surface area contributed by atoms with Crippen LogP contribution in [-0.4, -0.2) is 45.3 Å². The molecule has 0 saturated carbocycles. The summed E-state index contributed by atoms with van der Waals surface area (Å²) < 4.78 is 42.1. The van der Waals surface area contributed by atoms with Crippen molar-refractivity contribution >= 4 is 35.8 Å². The second kappa shape index (κ2) is 13.0. The van der Waals surface area contributed by atoms with Crippen LogP contribution in [0.2, 0.25) is 0 Å². The highest BCUT2D eigenvalue weighted by atomic mass is 127. The standard InChI is InChI=1S/C21H25F3N4O2.HI/c1-25-19(29)16-8-5-6-15(12-16)10-11-27-20(26-2)28-13-17-7-3-4-9-18(17)30-14-21(22,23)24;/h3-9,12H,10-11,13-14H2,1-2H3,(H,25,29)(H2,26,27,28);1H. The Kier molecular flexibility index (Phi) is 11.2. The number of nitrogens with one attached hydrogen (secondary N) is 3. The summed E-state index contributed by atoms with van der Waals surface area (Å²) in [4.78, 5) is 15.8. The van der Waals surface area contributed by atoms with Gasteiger partial charge in [-0.2, -0.15) is 13.2 Å². The number of carbonyl (C=O) groups excluding carboxylic acids is 1. The number of carbonyl (C=O) groups is 1. The maximum absolute atomic E-state index is 12.4. The van der Waals surface area contributed by atoms with Crippen molar-refractivity contribution in [2.24, 2.45) is 4.99 Å². The molecule has 6 nitrogen and oxygen atoms in total. The zero-order chi connectivity index (χ0) is 22.0. The van der Waals surface area contributed by atoms with E-state index in [1.807, 2.05) is 18.2 Å². The Hall–Kier alpha value is -2.50. The van der Waals surface area contributed by atoms with Gasteiger partial charge in [0.25, 0.3) is 5.91 Å². The van der Waals surface area contributed by atoms with E-state index >= 15 is 0 Å². The number of ether oxygens (including phenoxy) is 1. The van der Waals surface area contributed by atoms with Gasteiger partial charge in [-0.15, -0.1) is 24.0 Å². The minimum Gasteiger partial charge on any atom is -0.484 e. The molecule has 0 fully saturated rings. The van der Waals surface area contributed by atoms with Crippen LogP contribution in [0.3, 0.4) is 0 Å². The number of aliphatic imine (C=N–C) groups is 1. The van der Waals surface area contributed by atoms with Crippen molar-refractivity contribution in [3.8, 4) is 5.75 Å². The van der Waals surface area contributed by atoms with Crippen LogP contribution in [-0.2, 0) is 13.0 Å². The summed E-state index contributed by atoms with van der Waals surface area (Å²) in [6.45, 7) is -0.533. The van der Waals surface area contributed by atoms with E-state index in [1.54, 1.807) is 38.4 Å². The molecule has 0 spiro atoms. The fraction of sp³-hybridized carbons (Fsp3) is 0.333. The van der Waals surface area contributed by atoms with Crippen LogP contribution in [0, 0.1) is 0 Å². The second-order valence-electron chi connectivity index (χ2n) is 6.39. The number of halogens is 4. The van der Waals surface area contributed by atoms with Crippen LogP contribution in [0.1, 0.15) is 21.5 Å². The zero-order valence-corrected chi connectivity index (χ0v) is 19.6. The van der Waals surface area contributed by atoms with E-state index in [4.69, 9.17) is 4.74 Å². The summed E-state index contributed by atoms with van der Waals surface area (Å²) in [6.07, 6.45) is -3.73. The summed E-state index contributed by atoms with van der Waals surface area (Å²) in [5.74, 6) is 0.528. The first kappa shape index (κ1) is 26.5. The van der Waals surface area contributed by atoms with E-state index in [0.29, 0.717) is 30.1 Å². The van der Waals surface area contributed by atoms with Crippen LogP contribution in [0.25, 0.3) is 0 Å². The van der Waals surface area contributed by atoms with Crippen LogP contribution in [0.4, 0.5) is 13.2 Å². The van der Waals surface area contributed by atoms with Crippen molar-refractivity contribution in [2.45, 2.75) is 19.1 Å². The van der Waals surface area contributed by atoms with Gasteiger partial charge < -0.3 is 20.7 Å². The van der Waals surface area contributed by atoms with Crippen molar-refractivity contribution in [1.29, 1.82) is 0 Å². The molecule has 0 unspecified atom stereocenters. The molecule has 3 N–H and O–H groups in total. The lowest BCUT2D eigenvalue weighted by Crippen LogP contribution is -2.38. The molecule has 0 atom stereocenters. The van der Waals surface area contributed by atoms with Gasteiger partial charge in [0.05, 0.1) is 0 Å². The maximum Gasteiger partial charge on any atom is 0.422 e. The van der Waals surface area contributed by atoms with E-state index in [1.165, 1.54) is 6.07 Å². The summed E-state index contributed by atoms with van der Waals surface area (Å²) in [5.41, 5.74) is 2.17. The fourth-order valence-corrected chi connectivity index (χ4v) is 2.69. The Bertz CT molecular complexity index is 876. The van der Waals surface area contributed by atoms with Gasteiger partial charge in [0.15, 0.2) is 12.6 Å². The summed E-state index contributed by atoms with van der Waals surface area (Å²) in [6, 6.07) is 13.9. The molecule has 0 aliphatic heterocycles. The molecule has 2 aromatic rings. The first-order valence-electron chi connectivity index (χ1n) is 9.35. The molecular formula is C21H26F3IN4O2. The molecular weight excluding hydrogens is 524 g/mol. The number of nitrogens with zero attached hydrogens (tertiary/aromatic N) is 1. The zero-order valence-electron chi connectivity index (χ0n) is 17.3. The van der Waals surface area contributed by atoms with E-state index in [0.717, 1.165) is 5.56 Å². The molecule has 0 saturated heterocycles. The first-order chi connectivity index (χ1) is 14.3. The van der Waals surface area contributed by atoms with Gasteiger partial charge in [0.1, 0.15) is 5.75 Å². The highest BCUT2D eigenvalue weighted by Crippen LogP contribution is 2.22. The minimum absolute atomic E-state index is 0. The average Bonchev–Trinajstić information content (AvgIpc) is 2.74. The number of guanidine groups is 1. The maximum atomic E-state index is 12.4. The van der Waals surface area contributed by atoms with Crippen molar-refractivity contribution in [1.82, 2.24) is 16.0 Å². The predicted molar refractivity (Wildman–Crippen MR) is 125 cm³/mol. The van der Waals surface area contributed by atoms with E-state index in [9.17, 15) is 18.0 Å². The normalized spacial score (nSPS) is 11.3. The summed E-state index contributed by atoms with van der Waals surface area (Å²) >= 11 is 0. The Morgan fingerprint density at radius 1 is 1.10 bits per heavy atom. The minimum atomic E-state index is -4.40. The van der Waals surface area contributed by atoms with Crippen LogP contribution >= 0.6 is 24.0 Å². The third-order valence-corrected chi connectivity index (χ3v) is 4.16. The summed E-state index contributed by atoms with van der Waals surface area (Å²) in [5, 5.41) is 8.80. The van der Waals surface area contributed by atoms with E-state index in [2.05, 4.69) is 20.9 Å². The number of alkyl halides is 3. The third kappa shape index (κ3) is 9.45. The largest absolute Gasteiger partial charge is 0.484 e. The van der Waals surface area contributed by atoms with Crippen molar-refractivity contribution in [3.05, 3.63) is 65.2 Å². The predicted octanol–water partition coefficient (Wildman–Crippen LogP) is 3.51. The lowest BCUT2D eigenvalue weighted by molar-refractivity contribution is -0.153. The molecule has 1 amide bonds. The number of hydrogen-bond donors (Lipinski definition) is 3. The van der Waals surface area contributed by atoms with Crippen LogP contribution < -0.4 is 20.7 Å². The van der Waals surface area contributed by atoms with Gasteiger partial charge in [-0.1, -0.05) is 30.3 Å². The SMILES string of the molecule is CN=C(NCCc1cccc(C(=O)NC)c1)NCc1ccccc1OCC(F)(F)F.I. The molecule has 2 rings (SSSR count). The Labute approximate surface area is 196 Å². The second-order valence-corrected chi connectivity index (χ2v) is 6.39. The van der Waals surface area contributed by atoms with Gasteiger partial charge >= 0.3 is 6.18 Å². The molecule has 0 bridgehead atoms. The Balaban J connectivity index is 0.00000480. The van der Waals surface area contributed by atoms with Crippen LogP contribution in [0.15, 0.2) is 53.5 Å². The monoisotopic (exact) mass is 550 g/mol. The lowest BCUT2D eigenvalue weighted by Gasteiger charge is -2.15. The van der Waals surface area contributed by atoms with Gasteiger partial charge in [-0.3, -0.25) is 9.79 Å². The lowest BCUT2D eigenvalue weighted by atomic mass is 10.1. The number of hydrogen-bond acceptors (Lipinski definition) is 3. The van der Waals surface area contributed by atoms with Gasteiger partial charge in [0, 0.05) is 38.3 Å². The molecule has 0 aliphatic carbocycles. The quantitative estimate of drug-likeness (QED) is 0.267. The number of rotatable bonds is 8.